The molecule has 1 N–H and O–H groups in total. The second kappa shape index (κ2) is 6.20. The molecule has 0 radical (unpaired) electrons. The predicted molar refractivity (Wildman–Crippen MR) is 82.1 cm³/mol. The van der Waals surface area contributed by atoms with Gasteiger partial charge in [0.25, 0.3) is 0 Å². The lowest BCUT2D eigenvalue weighted by atomic mass is 10.1. The van der Waals surface area contributed by atoms with Crippen LogP contribution in [0.1, 0.15) is 18.1 Å². The first kappa shape index (κ1) is 14.1. The van der Waals surface area contributed by atoms with Crippen molar-refractivity contribution in [3.63, 3.8) is 0 Å². The fourth-order valence-corrected chi connectivity index (χ4v) is 2.46. The molecule has 0 saturated heterocycles. The van der Waals surface area contributed by atoms with Gasteiger partial charge in [-0.2, -0.15) is 0 Å². The Labute approximate surface area is 122 Å². The lowest BCUT2D eigenvalue weighted by Crippen LogP contribution is -2.18. The summed E-state index contributed by atoms with van der Waals surface area (Å²) in [6, 6.07) is 13.1. The molecule has 0 fully saturated rings. The van der Waals surface area contributed by atoms with Gasteiger partial charge in [0, 0.05) is 16.2 Å². The van der Waals surface area contributed by atoms with Crippen LogP contribution in [0.4, 0.5) is 10.1 Å². The van der Waals surface area contributed by atoms with E-state index in [1.54, 1.807) is 12.1 Å². The Balaban J connectivity index is 2.05. The third kappa shape index (κ3) is 3.80. The van der Waals surface area contributed by atoms with E-state index >= 15 is 0 Å². The van der Waals surface area contributed by atoms with Gasteiger partial charge in [-0.05, 0) is 55.7 Å². The van der Waals surface area contributed by atoms with Crippen LogP contribution >= 0.6 is 15.9 Å². The predicted octanol–water partition coefficient (Wildman–Crippen LogP) is 4.94. The molecule has 1 atom stereocenters. The number of benzene rings is 2. The highest BCUT2D eigenvalue weighted by atomic mass is 79.9. The van der Waals surface area contributed by atoms with E-state index in [0.717, 1.165) is 22.1 Å². The second-order valence-corrected chi connectivity index (χ2v) is 5.65. The molecule has 0 aliphatic heterocycles. The maximum absolute atomic E-state index is 13.1. The molecular formula is C16H17BrFN. The molecule has 0 aliphatic rings. The molecule has 2 aromatic carbocycles. The Kier molecular flexibility index (Phi) is 4.59. The molecule has 2 aromatic rings. The van der Waals surface area contributed by atoms with Crippen LogP contribution in [-0.4, -0.2) is 6.04 Å². The monoisotopic (exact) mass is 321 g/mol. The Hall–Kier alpha value is -1.35. The maximum Gasteiger partial charge on any atom is 0.123 e. The fourth-order valence-electron chi connectivity index (χ4n) is 2.10. The lowest BCUT2D eigenvalue weighted by Gasteiger charge is -2.17. The molecule has 0 amide bonds. The zero-order valence-corrected chi connectivity index (χ0v) is 12.7. The van der Waals surface area contributed by atoms with Crippen molar-refractivity contribution in [3.05, 3.63) is 63.9 Å². The molecule has 100 valence electrons. The summed E-state index contributed by atoms with van der Waals surface area (Å²) in [6.45, 7) is 4.17. The number of hydrogen-bond acceptors (Lipinski definition) is 1. The average molecular weight is 322 g/mol. The van der Waals surface area contributed by atoms with Gasteiger partial charge in [0.05, 0.1) is 0 Å². The highest BCUT2D eigenvalue weighted by Gasteiger charge is 2.07. The molecule has 0 heterocycles. The summed E-state index contributed by atoms with van der Waals surface area (Å²) in [4.78, 5) is 0. The van der Waals surface area contributed by atoms with Gasteiger partial charge in [-0.25, -0.2) is 4.39 Å². The van der Waals surface area contributed by atoms with E-state index in [1.807, 2.05) is 18.2 Å². The number of hydrogen-bond donors (Lipinski definition) is 1. The highest BCUT2D eigenvalue weighted by Crippen LogP contribution is 2.24. The summed E-state index contributed by atoms with van der Waals surface area (Å²) in [7, 11) is 0. The van der Waals surface area contributed by atoms with Crippen LogP contribution in [0, 0.1) is 12.7 Å². The zero-order chi connectivity index (χ0) is 13.8. The van der Waals surface area contributed by atoms with Crippen LogP contribution in [0.15, 0.2) is 46.9 Å². The Morgan fingerprint density at radius 2 is 1.95 bits per heavy atom. The summed E-state index contributed by atoms with van der Waals surface area (Å²) in [5, 5.41) is 3.47. The minimum atomic E-state index is -0.177. The average Bonchev–Trinajstić information content (AvgIpc) is 2.35. The Bertz CT molecular complexity index is 568. The molecular weight excluding hydrogens is 305 g/mol. The normalized spacial score (nSPS) is 12.2. The summed E-state index contributed by atoms with van der Waals surface area (Å²) in [5.74, 6) is -0.177. The first-order valence-corrected chi connectivity index (χ1v) is 7.11. The van der Waals surface area contributed by atoms with Crippen LogP contribution in [0.25, 0.3) is 0 Å². The fraction of sp³-hybridized carbons (Fsp3) is 0.250. The Morgan fingerprint density at radius 1 is 1.21 bits per heavy atom. The molecule has 2 rings (SSSR count). The van der Waals surface area contributed by atoms with E-state index in [-0.39, 0.29) is 11.9 Å². The smallest absolute Gasteiger partial charge is 0.123 e. The van der Waals surface area contributed by atoms with E-state index in [4.69, 9.17) is 0 Å². The third-order valence-corrected chi connectivity index (χ3v) is 3.96. The summed E-state index contributed by atoms with van der Waals surface area (Å²) in [6.07, 6.45) is 0.795. The van der Waals surface area contributed by atoms with Crippen LogP contribution in [0.2, 0.25) is 0 Å². The summed E-state index contributed by atoms with van der Waals surface area (Å²) < 4.78 is 14.2. The van der Waals surface area contributed by atoms with Gasteiger partial charge in [-0.15, -0.1) is 0 Å². The van der Waals surface area contributed by atoms with E-state index < -0.39 is 0 Å². The topological polar surface area (TPSA) is 12.0 Å². The van der Waals surface area contributed by atoms with Crippen molar-refractivity contribution in [2.45, 2.75) is 26.3 Å². The van der Waals surface area contributed by atoms with Crippen molar-refractivity contribution in [2.24, 2.45) is 0 Å². The molecule has 0 spiro atoms. The van der Waals surface area contributed by atoms with Gasteiger partial charge >= 0.3 is 0 Å². The van der Waals surface area contributed by atoms with Crippen molar-refractivity contribution in [1.29, 1.82) is 0 Å². The molecule has 0 aliphatic carbocycles. The molecule has 1 nitrogen and oxygen atoms in total. The summed E-state index contributed by atoms with van der Waals surface area (Å²) in [5.41, 5.74) is 3.31. The Morgan fingerprint density at radius 3 is 2.68 bits per heavy atom. The van der Waals surface area contributed by atoms with Crippen molar-refractivity contribution >= 4 is 21.6 Å². The summed E-state index contributed by atoms with van der Waals surface area (Å²) >= 11 is 3.52. The SMILES string of the molecule is Cc1c(Br)cccc1NC(C)Cc1cccc(F)c1. The van der Waals surface area contributed by atoms with Crippen LogP contribution < -0.4 is 5.32 Å². The van der Waals surface area contributed by atoms with Gasteiger partial charge in [0.1, 0.15) is 5.82 Å². The molecule has 3 heteroatoms. The van der Waals surface area contributed by atoms with Gasteiger partial charge in [-0.3, -0.25) is 0 Å². The van der Waals surface area contributed by atoms with Gasteiger partial charge in [0.2, 0.25) is 0 Å². The first-order chi connectivity index (χ1) is 9.06. The second-order valence-electron chi connectivity index (χ2n) is 4.79. The first-order valence-electron chi connectivity index (χ1n) is 6.32. The zero-order valence-electron chi connectivity index (χ0n) is 11.1. The molecule has 1 unspecified atom stereocenters. The van der Waals surface area contributed by atoms with Crippen molar-refractivity contribution in [1.82, 2.24) is 0 Å². The number of anilines is 1. The molecule has 0 aromatic heterocycles. The maximum atomic E-state index is 13.1. The quantitative estimate of drug-likeness (QED) is 0.841. The van der Waals surface area contributed by atoms with Crippen LogP contribution in [0.5, 0.6) is 0 Å². The van der Waals surface area contributed by atoms with E-state index in [9.17, 15) is 4.39 Å². The third-order valence-electron chi connectivity index (χ3n) is 3.10. The van der Waals surface area contributed by atoms with Gasteiger partial charge in [0.15, 0.2) is 0 Å². The standard InChI is InChI=1S/C16H17BrFN/c1-11(9-13-5-3-6-14(18)10-13)19-16-8-4-7-15(17)12(16)2/h3-8,10-11,19H,9H2,1-2H3. The molecule has 0 saturated carbocycles. The van der Waals surface area contributed by atoms with E-state index in [1.165, 1.54) is 11.6 Å². The van der Waals surface area contributed by atoms with Crippen molar-refractivity contribution in [2.75, 3.05) is 5.32 Å². The van der Waals surface area contributed by atoms with Crippen molar-refractivity contribution in [3.8, 4) is 0 Å². The van der Waals surface area contributed by atoms with Crippen molar-refractivity contribution < 1.29 is 4.39 Å². The van der Waals surface area contributed by atoms with Crippen LogP contribution in [0.3, 0.4) is 0 Å². The van der Waals surface area contributed by atoms with E-state index in [0.29, 0.717) is 0 Å². The number of nitrogens with one attached hydrogen (secondary N) is 1. The van der Waals surface area contributed by atoms with Crippen LogP contribution in [-0.2, 0) is 6.42 Å². The minimum Gasteiger partial charge on any atom is -0.382 e. The van der Waals surface area contributed by atoms with E-state index in [2.05, 4.69) is 41.2 Å². The van der Waals surface area contributed by atoms with Gasteiger partial charge < -0.3 is 5.32 Å². The highest BCUT2D eigenvalue weighted by molar-refractivity contribution is 9.10. The molecule has 0 bridgehead atoms. The number of halogens is 2. The molecule has 19 heavy (non-hydrogen) atoms. The number of rotatable bonds is 4. The largest absolute Gasteiger partial charge is 0.382 e. The van der Waals surface area contributed by atoms with Gasteiger partial charge in [-0.1, -0.05) is 34.1 Å². The lowest BCUT2D eigenvalue weighted by molar-refractivity contribution is 0.624. The minimum absolute atomic E-state index is 0.177.